The van der Waals surface area contributed by atoms with Gasteiger partial charge in [-0.25, -0.2) is 0 Å². The van der Waals surface area contributed by atoms with Gasteiger partial charge in [-0.1, -0.05) is 19.3 Å². The standard InChI is InChI=1S/C21H41N5O2.HI/c1-23-21(25-13-7-17-28-19-8-3-2-4-9-19)24-12-5-6-14-26-15-10-18(11-16-26)20(22)27;/h18-19H,2-17H2,1H3,(H2,22,27)(H2,23,24,25);1H. The Morgan fingerprint density at radius 1 is 1.03 bits per heavy atom. The number of carbonyl (C=O) groups excluding carboxylic acids is 1. The predicted molar refractivity (Wildman–Crippen MR) is 130 cm³/mol. The number of aliphatic imine (C=N–C) groups is 1. The van der Waals surface area contributed by atoms with Crippen molar-refractivity contribution >= 4 is 35.8 Å². The highest BCUT2D eigenvalue weighted by Gasteiger charge is 2.22. The van der Waals surface area contributed by atoms with Crippen LogP contribution in [0.15, 0.2) is 4.99 Å². The van der Waals surface area contributed by atoms with Crippen molar-refractivity contribution in [3.8, 4) is 0 Å². The summed E-state index contributed by atoms with van der Waals surface area (Å²) < 4.78 is 5.96. The minimum absolute atomic E-state index is 0. The molecule has 170 valence electrons. The van der Waals surface area contributed by atoms with Crippen molar-refractivity contribution in [1.29, 1.82) is 0 Å². The highest BCUT2D eigenvalue weighted by atomic mass is 127. The maximum Gasteiger partial charge on any atom is 0.220 e. The number of ether oxygens (including phenoxy) is 1. The van der Waals surface area contributed by atoms with Crippen LogP contribution in [0.4, 0.5) is 0 Å². The Morgan fingerprint density at radius 3 is 2.31 bits per heavy atom. The SMILES string of the molecule is CN=C(NCCCCN1CCC(C(N)=O)CC1)NCCCOC1CCCCC1.I. The summed E-state index contributed by atoms with van der Waals surface area (Å²) >= 11 is 0. The molecule has 7 nitrogen and oxygen atoms in total. The zero-order valence-electron chi connectivity index (χ0n) is 18.2. The number of nitrogens with zero attached hydrogens (tertiary/aromatic N) is 2. The number of unbranched alkanes of at least 4 members (excludes halogenated alkanes) is 1. The maximum atomic E-state index is 11.2. The molecule has 2 rings (SSSR count). The fraction of sp³-hybridized carbons (Fsp3) is 0.905. The third-order valence-corrected chi connectivity index (χ3v) is 5.93. The summed E-state index contributed by atoms with van der Waals surface area (Å²) in [5, 5.41) is 6.76. The van der Waals surface area contributed by atoms with E-state index in [0.717, 1.165) is 77.4 Å². The Labute approximate surface area is 194 Å². The Hall–Kier alpha value is -0.610. The lowest BCUT2D eigenvalue weighted by Crippen LogP contribution is -2.40. The molecule has 29 heavy (non-hydrogen) atoms. The van der Waals surface area contributed by atoms with Crippen molar-refractivity contribution in [1.82, 2.24) is 15.5 Å². The summed E-state index contributed by atoms with van der Waals surface area (Å²) in [6.45, 7) is 5.73. The summed E-state index contributed by atoms with van der Waals surface area (Å²) in [5.41, 5.74) is 5.39. The van der Waals surface area contributed by atoms with Gasteiger partial charge in [0.15, 0.2) is 5.96 Å². The van der Waals surface area contributed by atoms with Gasteiger partial charge in [-0.3, -0.25) is 9.79 Å². The second-order valence-electron chi connectivity index (χ2n) is 8.14. The van der Waals surface area contributed by atoms with E-state index in [0.29, 0.717) is 6.10 Å². The fourth-order valence-electron chi connectivity index (χ4n) is 4.09. The van der Waals surface area contributed by atoms with Gasteiger partial charge < -0.3 is 26.0 Å². The average molecular weight is 524 g/mol. The van der Waals surface area contributed by atoms with E-state index in [-0.39, 0.29) is 35.8 Å². The number of hydrogen-bond acceptors (Lipinski definition) is 4. The molecule has 1 aliphatic heterocycles. The van der Waals surface area contributed by atoms with Gasteiger partial charge in [0, 0.05) is 32.7 Å². The van der Waals surface area contributed by atoms with E-state index in [1.165, 1.54) is 32.1 Å². The minimum Gasteiger partial charge on any atom is -0.378 e. The molecule has 0 radical (unpaired) electrons. The lowest BCUT2D eigenvalue weighted by atomic mass is 9.96. The van der Waals surface area contributed by atoms with E-state index in [9.17, 15) is 4.79 Å². The first-order valence-corrected chi connectivity index (χ1v) is 11.3. The molecule has 4 N–H and O–H groups in total. The van der Waals surface area contributed by atoms with Crippen molar-refractivity contribution in [3.05, 3.63) is 0 Å². The Bertz CT molecular complexity index is 464. The van der Waals surface area contributed by atoms with Crippen LogP contribution in [0.5, 0.6) is 0 Å². The quantitative estimate of drug-likeness (QED) is 0.168. The molecule has 1 saturated carbocycles. The molecule has 1 heterocycles. The summed E-state index contributed by atoms with van der Waals surface area (Å²) in [6.07, 6.45) is 12.1. The summed E-state index contributed by atoms with van der Waals surface area (Å²) in [4.78, 5) is 17.9. The largest absolute Gasteiger partial charge is 0.378 e. The van der Waals surface area contributed by atoms with Crippen LogP contribution in [0.2, 0.25) is 0 Å². The molecule has 0 unspecified atom stereocenters. The zero-order chi connectivity index (χ0) is 20.0. The van der Waals surface area contributed by atoms with Gasteiger partial charge in [-0.2, -0.15) is 0 Å². The summed E-state index contributed by atoms with van der Waals surface area (Å²) in [7, 11) is 1.82. The van der Waals surface area contributed by atoms with Gasteiger partial charge in [-0.05, 0) is 64.6 Å². The van der Waals surface area contributed by atoms with Gasteiger partial charge in [0.05, 0.1) is 6.10 Å². The summed E-state index contributed by atoms with van der Waals surface area (Å²) in [5.74, 6) is 0.823. The molecule has 1 amide bonds. The Kier molecular flexibility index (Phi) is 14.7. The third-order valence-electron chi connectivity index (χ3n) is 5.93. The fourth-order valence-corrected chi connectivity index (χ4v) is 4.09. The van der Waals surface area contributed by atoms with Crippen LogP contribution in [0.25, 0.3) is 0 Å². The number of likely N-dealkylation sites (tertiary alicyclic amines) is 1. The molecular weight excluding hydrogens is 481 g/mol. The molecule has 0 bridgehead atoms. The molecule has 8 heteroatoms. The smallest absolute Gasteiger partial charge is 0.220 e. The number of piperidine rings is 1. The molecule has 2 aliphatic rings. The first-order chi connectivity index (χ1) is 13.7. The van der Waals surface area contributed by atoms with Gasteiger partial charge in [0.2, 0.25) is 5.91 Å². The molecule has 0 atom stereocenters. The van der Waals surface area contributed by atoms with E-state index < -0.39 is 0 Å². The number of nitrogens with one attached hydrogen (secondary N) is 2. The van der Waals surface area contributed by atoms with Crippen molar-refractivity contribution < 1.29 is 9.53 Å². The lowest BCUT2D eigenvalue weighted by molar-refractivity contribution is -0.123. The summed E-state index contributed by atoms with van der Waals surface area (Å²) in [6, 6.07) is 0. The van der Waals surface area contributed by atoms with E-state index in [1.54, 1.807) is 0 Å². The molecule has 0 aromatic heterocycles. The normalized spacial score (nSPS) is 19.6. The van der Waals surface area contributed by atoms with Crippen molar-refractivity contribution in [2.24, 2.45) is 16.6 Å². The molecular formula is C21H42IN5O2. The third kappa shape index (κ3) is 11.4. The van der Waals surface area contributed by atoms with Gasteiger partial charge >= 0.3 is 0 Å². The molecule has 1 aliphatic carbocycles. The molecule has 0 aromatic carbocycles. The molecule has 0 aromatic rings. The minimum atomic E-state index is -0.136. The van der Waals surface area contributed by atoms with Gasteiger partial charge in [-0.15, -0.1) is 24.0 Å². The van der Waals surface area contributed by atoms with E-state index in [1.807, 2.05) is 7.05 Å². The van der Waals surface area contributed by atoms with Crippen LogP contribution in [-0.4, -0.2) is 69.2 Å². The second kappa shape index (κ2) is 16.1. The lowest BCUT2D eigenvalue weighted by Gasteiger charge is -2.30. The Balaban J connectivity index is 0.00000420. The monoisotopic (exact) mass is 523 g/mol. The number of carbonyl (C=O) groups is 1. The number of primary amides is 1. The highest BCUT2D eigenvalue weighted by Crippen LogP contribution is 2.20. The van der Waals surface area contributed by atoms with Crippen LogP contribution < -0.4 is 16.4 Å². The second-order valence-corrected chi connectivity index (χ2v) is 8.14. The van der Waals surface area contributed by atoms with E-state index in [2.05, 4.69) is 20.5 Å². The van der Waals surface area contributed by atoms with Crippen LogP contribution >= 0.6 is 24.0 Å². The molecule has 1 saturated heterocycles. The van der Waals surface area contributed by atoms with E-state index in [4.69, 9.17) is 10.5 Å². The first kappa shape index (κ1) is 26.4. The van der Waals surface area contributed by atoms with Crippen LogP contribution in [0, 0.1) is 5.92 Å². The highest BCUT2D eigenvalue weighted by molar-refractivity contribution is 14.0. The van der Waals surface area contributed by atoms with Crippen LogP contribution in [0.1, 0.15) is 64.2 Å². The van der Waals surface area contributed by atoms with Crippen LogP contribution in [0.3, 0.4) is 0 Å². The van der Waals surface area contributed by atoms with Crippen molar-refractivity contribution in [2.75, 3.05) is 46.4 Å². The topological polar surface area (TPSA) is 92.0 Å². The Morgan fingerprint density at radius 2 is 1.69 bits per heavy atom. The molecule has 0 spiro atoms. The number of halogens is 1. The van der Waals surface area contributed by atoms with Crippen LogP contribution in [-0.2, 0) is 9.53 Å². The van der Waals surface area contributed by atoms with Crippen molar-refractivity contribution in [3.63, 3.8) is 0 Å². The zero-order valence-corrected chi connectivity index (χ0v) is 20.5. The molecule has 2 fully saturated rings. The number of guanidine groups is 1. The number of nitrogens with two attached hydrogens (primary N) is 1. The average Bonchev–Trinajstić information content (AvgIpc) is 2.73. The number of amides is 1. The van der Waals surface area contributed by atoms with E-state index >= 15 is 0 Å². The number of hydrogen-bond donors (Lipinski definition) is 3. The van der Waals surface area contributed by atoms with Crippen molar-refractivity contribution in [2.45, 2.75) is 70.3 Å². The first-order valence-electron chi connectivity index (χ1n) is 11.3. The number of rotatable bonds is 11. The predicted octanol–water partition coefficient (Wildman–Crippen LogP) is 2.49. The maximum absolute atomic E-state index is 11.2. The van der Waals surface area contributed by atoms with Gasteiger partial charge in [0.1, 0.15) is 0 Å². The van der Waals surface area contributed by atoms with Gasteiger partial charge in [0.25, 0.3) is 0 Å².